The van der Waals surface area contributed by atoms with Crippen molar-refractivity contribution in [3.05, 3.63) is 76.9 Å². The second-order valence-corrected chi connectivity index (χ2v) is 10.5. The Bertz CT molecular complexity index is 1070. The number of aliphatic hydroxyl groups excluding tert-OH is 1. The highest BCUT2D eigenvalue weighted by Gasteiger charge is 2.47. The van der Waals surface area contributed by atoms with Gasteiger partial charge >= 0.3 is 0 Å². The molecule has 34 heavy (non-hydrogen) atoms. The third-order valence-electron chi connectivity index (χ3n) is 8.76. The Labute approximate surface area is 201 Å². The molecule has 5 rings (SSSR count). The monoisotopic (exact) mass is 462 g/mol. The van der Waals surface area contributed by atoms with Crippen LogP contribution < -0.4 is 5.32 Å². The summed E-state index contributed by atoms with van der Waals surface area (Å²) in [4.78, 5) is 14.8. The van der Waals surface area contributed by atoms with Gasteiger partial charge in [0.2, 0.25) is 0 Å². The minimum absolute atomic E-state index is 0.0275. The Balaban J connectivity index is 1.27. The third-order valence-corrected chi connectivity index (χ3v) is 8.76. The van der Waals surface area contributed by atoms with Gasteiger partial charge in [0.25, 0.3) is 5.91 Å². The molecule has 2 N–H and O–H groups in total. The Morgan fingerprint density at radius 2 is 1.97 bits per heavy atom. The van der Waals surface area contributed by atoms with E-state index in [0.717, 1.165) is 44.3 Å². The van der Waals surface area contributed by atoms with Crippen molar-refractivity contribution < 1.29 is 14.3 Å². The number of allylic oxidation sites excluding steroid dienone is 1. The number of halogens is 1. The lowest BCUT2D eigenvalue weighted by atomic mass is 9.67. The van der Waals surface area contributed by atoms with Crippen molar-refractivity contribution in [1.29, 1.82) is 0 Å². The molecule has 4 atom stereocenters. The van der Waals surface area contributed by atoms with Crippen LogP contribution in [0.2, 0.25) is 0 Å². The SMILES string of the molecule is C[C@H]1CN(C2CCC(CO)(c3ccc(C(=O)NCCF)cc3)C2)CCC12C=Cc1ccccc12. The summed E-state index contributed by atoms with van der Waals surface area (Å²) in [5.41, 5.74) is 4.35. The first kappa shape index (κ1) is 23.3. The lowest BCUT2D eigenvalue weighted by molar-refractivity contribution is 0.0839. The lowest BCUT2D eigenvalue weighted by Gasteiger charge is -2.46. The number of aliphatic hydroxyl groups is 1. The molecule has 3 unspecified atom stereocenters. The van der Waals surface area contributed by atoms with Crippen LogP contribution in [0.4, 0.5) is 4.39 Å². The molecule has 5 heteroatoms. The van der Waals surface area contributed by atoms with Gasteiger partial charge in [-0.25, -0.2) is 4.39 Å². The molecule has 2 aromatic carbocycles. The van der Waals surface area contributed by atoms with Crippen LogP contribution in [0.5, 0.6) is 0 Å². The van der Waals surface area contributed by atoms with E-state index in [9.17, 15) is 14.3 Å². The van der Waals surface area contributed by atoms with E-state index in [1.807, 2.05) is 12.1 Å². The van der Waals surface area contributed by atoms with Gasteiger partial charge in [-0.1, -0.05) is 55.5 Å². The van der Waals surface area contributed by atoms with Gasteiger partial charge in [0.05, 0.1) is 6.61 Å². The molecule has 180 valence electrons. The van der Waals surface area contributed by atoms with Crippen molar-refractivity contribution in [2.45, 2.75) is 49.5 Å². The number of amides is 1. The zero-order chi connectivity index (χ0) is 23.8. The predicted octanol–water partition coefficient (Wildman–Crippen LogP) is 4.48. The fourth-order valence-electron chi connectivity index (χ4n) is 6.70. The lowest BCUT2D eigenvalue weighted by Crippen LogP contribution is -2.50. The van der Waals surface area contributed by atoms with E-state index in [1.54, 1.807) is 12.1 Å². The average molecular weight is 463 g/mol. The van der Waals surface area contributed by atoms with Crippen LogP contribution in [0.15, 0.2) is 54.6 Å². The molecule has 0 aromatic heterocycles. The largest absolute Gasteiger partial charge is 0.395 e. The van der Waals surface area contributed by atoms with Crippen molar-refractivity contribution >= 4 is 12.0 Å². The van der Waals surface area contributed by atoms with E-state index >= 15 is 0 Å². The van der Waals surface area contributed by atoms with Crippen molar-refractivity contribution in [2.75, 3.05) is 32.9 Å². The minimum Gasteiger partial charge on any atom is -0.395 e. The van der Waals surface area contributed by atoms with Gasteiger partial charge in [-0.15, -0.1) is 0 Å². The van der Waals surface area contributed by atoms with Crippen LogP contribution in [-0.2, 0) is 10.8 Å². The Hall–Kier alpha value is -2.50. The normalized spacial score (nSPS) is 30.6. The Morgan fingerprint density at radius 1 is 1.18 bits per heavy atom. The number of carbonyl (C=O) groups excluding carboxylic acids is 1. The highest BCUT2D eigenvalue weighted by molar-refractivity contribution is 5.94. The number of nitrogens with zero attached hydrogens (tertiary/aromatic N) is 1. The van der Waals surface area contributed by atoms with Crippen molar-refractivity contribution in [1.82, 2.24) is 10.2 Å². The molecule has 1 heterocycles. The summed E-state index contributed by atoms with van der Waals surface area (Å²) in [6.45, 7) is 4.10. The highest BCUT2D eigenvalue weighted by atomic mass is 19.1. The molecule has 1 aliphatic heterocycles. The van der Waals surface area contributed by atoms with E-state index in [-0.39, 0.29) is 29.9 Å². The quantitative estimate of drug-likeness (QED) is 0.666. The molecule has 4 nitrogen and oxygen atoms in total. The zero-order valence-electron chi connectivity index (χ0n) is 20.0. The molecule has 1 saturated heterocycles. The summed E-state index contributed by atoms with van der Waals surface area (Å²) in [6, 6.07) is 16.8. The van der Waals surface area contributed by atoms with Gasteiger partial charge in [0.1, 0.15) is 6.67 Å². The van der Waals surface area contributed by atoms with Gasteiger partial charge in [-0.3, -0.25) is 4.79 Å². The fraction of sp³-hybridized carbons (Fsp3) is 0.483. The zero-order valence-corrected chi connectivity index (χ0v) is 20.0. The Morgan fingerprint density at radius 3 is 2.71 bits per heavy atom. The topological polar surface area (TPSA) is 52.6 Å². The molecule has 1 amide bonds. The summed E-state index contributed by atoms with van der Waals surface area (Å²) in [6.07, 6.45) is 8.83. The summed E-state index contributed by atoms with van der Waals surface area (Å²) < 4.78 is 12.4. The maximum Gasteiger partial charge on any atom is 0.251 e. The molecule has 3 aliphatic rings. The van der Waals surface area contributed by atoms with Gasteiger partial charge in [-0.2, -0.15) is 0 Å². The first-order valence-corrected chi connectivity index (χ1v) is 12.6. The van der Waals surface area contributed by atoms with E-state index < -0.39 is 6.67 Å². The first-order chi connectivity index (χ1) is 16.5. The number of nitrogens with one attached hydrogen (secondary N) is 1. The number of benzene rings is 2. The van der Waals surface area contributed by atoms with Crippen molar-refractivity contribution in [2.24, 2.45) is 5.92 Å². The van der Waals surface area contributed by atoms with E-state index in [0.29, 0.717) is 17.5 Å². The molecule has 0 bridgehead atoms. The summed E-state index contributed by atoms with van der Waals surface area (Å²) in [5.74, 6) is 0.276. The van der Waals surface area contributed by atoms with Crippen molar-refractivity contribution in [3.8, 4) is 0 Å². The van der Waals surface area contributed by atoms with Gasteiger partial charge in [-0.05, 0) is 67.0 Å². The second kappa shape index (κ2) is 9.27. The maximum absolute atomic E-state index is 12.4. The smallest absolute Gasteiger partial charge is 0.251 e. The molecule has 0 radical (unpaired) electrons. The second-order valence-electron chi connectivity index (χ2n) is 10.5. The van der Waals surface area contributed by atoms with Crippen LogP contribution in [-0.4, -0.2) is 54.9 Å². The molecular weight excluding hydrogens is 427 g/mol. The van der Waals surface area contributed by atoms with Crippen LogP contribution in [0.3, 0.4) is 0 Å². The van der Waals surface area contributed by atoms with Crippen LogP contribution in [0.25, 0.3) is 6.08 Å². The first-order valence-electron chi connectivity index (χ1n) is 12.6. The van der Waals surface area contributed by atoms with Crippen LogP contribution in [0, 0.1) is 5.92 Å². The number of piperidine rings is 1. The summed E-state index contributed by atoms with van der Waals surface area (Å²) in [5, 5.41) is 13.0. The summed E-state index contributed by atoms with van der Waals surface area (Å²) >= 11 is 0. The van der Waals surface area contributed by atoms with Gasteiger partial charge in [0.15, 0.2) is 0 Å². The van der Waals surface area contributed by atoms with E-state index in [4.69, 9.17) is 0 Å². The third kappa shape index (κ3) is 3.89. The number of fused-ring (bicyclic) bond motifs is 2. The van der Waals surface area contributed by atoms with Gasteiger partial charge < -0.3 is 15.3 Å². The maximum atomic E-state index is 12.4. The molecule has 2 aromatic rings. The molecule has 1 spiro atoms. The molecule has 2 fully saturated rings. The van der Waals surface area contributed by atoms with E-state index in [1.165, 1.54) is 11.1 Å². The van der Waals surface area contributed by atoms with Gasteiger partial charge in [0, 0.05) is 35.5 Å². The number of hydrogen-bond acceptors (Lipinski definition) is 3. The Kier molecular flexibility index (Phi) is 6.34. The highest BCUT2D eigenvalue weighted by Crippen LogP contribution is 2.49. The molecular formula is C29H35FN2O2. The van der Waals surface area contributed by atoms with E-state index in [2.05, 4.69) is 53.6 Å². The van der Waals surface area contributed by atoms with Crippen LogP contribution >= 0.6 is 0 Å². The number of alkyl halides is 1. The average Bonchev–Trinajstić information content (AvgIpc) is 3.48. The molecule has 1 saturated carbocycles. The van der Waals surface area contributed by atoms with Crippen molar-refractivity contribution in [3.63, 3.8) is 0 Å². The number of hydrogen-bond donors (Lipinski definition) is 2. The number of rotatable bonds is 6. The molecule has 2 aliphatic carbocycles. The minimum atomic E-state index is -0.572. The fourth-order valence-corrected chi connectivity index (χ4v) is 6.70. The standard InChI is InChI=1S/C29H35FN2O2/c1-21-19-32(17-14-29(21)13-10-22-4-2-3-5-26(22)29)25-11-12-28(18-25,20-33)24-8-6-23(7-9-24)27(34)31-16-15-30/h2-10,13,21,25,33H,11-12,14-20H2,1H3,(H,31,34)/t21-,25?,28?,29?/m0/s1. The summed E-state index contributed by atoms with van der Waals surface area (Å²) in [7, 11) is 0. The number of carbonyl (C=O) groups is 1. The number of likely N-dealkylation sites (tertiary alicyclic amines) is 1. The van der Waals surface area contributed by atoms with Crippen LogP contribution in [0.1, 0.15) is 59.7 Å². The predicted molar refractivity (Wildman–Crippen MR) is 134 cm³/mol.